The van der Waals surface area contributed by atoms with Crippen molar-refractivity contribution in [3.63, 3.8) is 0 Å². The van der Waals surface area contributed by atoms with Gasteiger partial charge in [-0.25, -0.2) is 0 Å². The van der Waals surface area contributed by atoms with E-state index in [-0.39, 0.29) is 18.7 Å². The van der Waals surface area contributed by atoms with Gasteiger partial charge in [-0.05, 0) is 22.0 Å². The van der Waals surface area contributed by atoms with Gasteiger partial charge in [-0.3, -0.25) is 4.79 Å². The van der Waals surface area contributed by atoms with E-state index >= 15 is 0 Å². The van der Waals surface area contributed by atoms with Crippen LogP contribution in [0.2, 0.25) is 0 Å². The second kappa shape index (κ2) is 5.94. The van der Waals surface area contributed by atoms with Crippen molar-refractivity contribution in [2.24, 2.45) is 0 Å². The molecular formula is C18H14BrNO4. The molecule has 1 atom stereocenters. The number of carbonyl (C=O) groups is 1. The minimum atomic E-state index is -0.315. The van der Waals surface area contributed by atoms with Crippen molar-refractivity contribution >= 4 is 32.9 Å². The van der Waals surface area contributed by atoms with Crippen molar-refractivity contribution in [3.05, 3.63) is 46.4 Å². The van der Waals surface area contributed by atoms with Crippen LogP contribution in [-0.4, -0.2) is 23.8 Å². The molecule has 0 spiro atoms. The Morgan fingerprint density at radius 3 is 2.92 bits per heavy atom. The SMILES string of the molecule is CC(=O)OCC1Cc2c(c(Br)cc3c(-c4ccccc4)noc23)O1. The van der Waals surface area contributed by atoms with Crippen LogP contribution in [0.5, 0.6) is 5.75 Å². The van der Waals surface area contributed by atoms with Gasteiger partial charge in [-0.2, -0.15) is 0 Å². The van der Waals surface area contributed by atoms with Gasteiger partial charge in [0.2, 0.25) is 0 Å². The van der Waals surface area contributed by atoms with Crippen molar-refractivity contribution < 1.29 is 18.8 Å². The van der Waals surface area contributed by atoms with Crippen LogP contribution in [0.25, 0.3) is 22.2 Å². The Balaban J connectivity index is 1.75. The number of hydrogen-bond donors (Lipinski definition) is 0. The van der Waals surface area contributed by atoms with E-state index in [4.69, 9.17) is 14.0 Å². The monoisotopic (exact) mass is 387 g/mol. The first-order valence-corrected chi connectivity index (χ1v) is 8.39. The summed E-state index contributed by atoms with van der Waals surface area (Å²) in [5, 5.41) is 5.18. The lowest BCUT2D eigenvalue weighted by atomic mass is 10.0. The summed E-state index contributed by atoms with van der Waals surface area (Å²) < 4.78 is 17.4. The topological polar surface area (TPSA) is 61.6 Å². The zero-order valence-corrected chi connectivity index (χ0v) is 14.5. The summed E-state index contributed by atoms with van der Waals surface area (Å²) in [6.45, 7) is 1.61. The van der Waals surface area contributed by atoms with Crippen molar-refractivity contribution in [2.75, 3.05) is 6.61 Å². The van der Waals surface area contributed by atoms with E-state index in [0.717, 1.165) is 38.0 Å². The molecule has 2 heterocycles. The molecule has 4 rings (SSSR count). The van der Waals surface area contributed by atoms with E-state index in [2.05, 4.69) is 21.1 Å². The maximum absolute atomic E-state index is 11.0. The molecule has 1 aromatic heterocycles. The zero-order chi connectivity index (χ0) is 16.7. The van der Waals surface area contributed by atoms with Crippen molar-refractivity contribution in [1.82, 2.24) is 5.16 Å². The third kappa shape index (κ3) is 2.57. The van der Waals surface area contributed by atoms with Crippen LogP contribution in [0.3, 0.4) is 0 Å². The first-order valence-electron chi connectivity index (χ1n) is 7.59. The first-order chi connectivity index (χ1) is 11.6. The average Bonchev–Trinajstić information content (AvgIpc) is 3.18. The van der Waals surface area contributed by atoms with Gasteiger partial charge in [-0.15, -0.1) is 0 Å². The molecule has 6 heteroatoms. The second-order valence-corrected chi connectivity index (χ2v) is 6.54. The van der Waals surface area contributed by atoms with Crippen LogP contribution in [0.1, 0.15) is 12.5 Å². The first kappa shape index (κ1) is 15.2. The minimum absolute atomic E-state index is 0.212. The third-order valence-corrected chi connectivity index (χ3v) is 4.59. The minimum Gasteiger partial charge on any atom is -0.485 e. The summed E-state index contributed by atoms with van der Waals surface area (Å²) in [7, 11) is 0. The molecular weight excluding hydrogens is 374 g/mol. The van der Waals surface area contributed by atoms with E-state index in [0.29, 0.717) is 6.42 Å². The van der Waals surface area contributed by atoms with Gasteiger partial charge in [-0.1, -0.05) is 35.5 Å². The summed E-state index contributed by atoms with van der Waals surface area (Å²) in [5.74, 6) is 0.417. The molecule has 3 aromatic rings. The molecule has 122 valence electrons. The average molecular weight is 388 g/mol. The number of halogens is 1. The Labute approximate surface area is 146 Å². The Hall–Kier alpha value is -2.34. The van der Waals surface area contributed by atoms with Gasteiger partial charge in [0.25, 0.3) is 0 Å². The number of ether oxygens (including phenoxy) is 2. The van der Waals surface area contributed by atoms with E-state index in [1.165, 1.54) is 6.92 Å². The number of carbonyl (C=O) groups excluding carboxylic acids is 1. The number of benzene rings is 2. The van der Waals surface area contributed by atoms with Crippen LogP contribution < -0.4 is 4.74 Å². The molecule has 2 aromatic carbocycles. The van der Waals surface area contributed by atoms with Crippen LogP contribution >= 0.6 is 15.9 Å². The number of rotatable bonds is 3. The molecule has 0 aliphatic carbocycles. The Morgan fingerprint density at radius 1 is 1.38 bits per heavy atom. The molecule has 0 saturated heterocycles. The Bertz CT molecular complexity index is 920. The third-order valence-electron chi connectivity index (χ3n) is 4.00. The van der Waals surface area contributed by atoms with Gasteiger partial charge in [0, 0.05) is 24.5 Å². The molecule has 24 heavy (non-hydrogen) atoms. The van der Waals surface area contributed by atoms with Crippen molar-refractivity contribution in [1.29, 1.82) is 0 Å². The summed E-state index contributed by atoms with van der Waals surface area (Å²) >= 11 is 3.57. The summed E-state index contributed by atoms with van der Waals surface area (Å²) in [4.78, 5) is 11.0. The fourth-order valence-corrected chi connectivity index (χ4v) is 3.51. The Kier molecular flexibility index (Phi) is 3.76. The highest BCUT2D eigenvalue weighted by atomic mass is 79.9. The molecule has 0 amide bonds. The highest BCUT2D eigenvalue weighted by Crippen LogP contribution is 2.43. The van der Waals surface area contributed by atoms with Crippen LogP contribution in [0.4, 0.5) is 0 Å². The molecule has 0 radical (unpaired) electrons. The lowest BCUT2D eigenvalue weighted by Gasteiger charge is -2.10. The van der Waals surface area contributed by atoms with E-state index in [1.54, 1.807) is 0 Å². The summed E-state index contributed by atoms with van der Waals surface area (Å²) in [6, 6.07) is 11.9. The fourth-order valence-electron chi connectivity index (χ4n) is 2.94. The van der Waals surface area contributed by atoms with Gasteiger partial charge in [0.15, 0.2) is 5.58 Å². The zero-order valence-electron chi connectivity index (χ0n) is 12.9. The smallest absolute Gasteiger partial charge is 0.302 e. The maximum Gasteiger partial charge on any atom is 0.302 e. The number of nitrogens with zero attached hydrogens (tertiary/aromatic N) is 1. The quantitative estimate of drug-likeness (QED) is 0.632. The lowest BCUT2D eigenvalue weighted by Crippen LogP contribution is -2.21. The van der Waals surface area contributed by atoms with Gasteiger partial charge < -0.3 is 14.0 Å². The van der Waals surface area contributed by atoms with Gasteiger partial charge in [0.1, 0.15) is 24.2 Å². The Morgan fingerprint density at radius 2 is 2.17 bits per heavy atom. The number of fused-ring (bicyclic) bond motifs is 3. The van der Waals surface area contributed by atoms with Crippen molar-refractivity contribution in [3.8, 4) is 17.0 Å². The highest BCUT2D eigenvalue weighted by molar-refractivity contribution is 9.10. The number of aromatic nitrogens is 1. The maximum atomic E-state index is 11.0. The number of esters is 1. The van der Waals surface area contributed by atoms with E-state index in [9.17, 15) is 4.79 Å². The van der Waals surface area contributed by atoms with Crippen molar-refractivity contribution in [2.45, 2.75) is 19.4 Å². The summed E-state index contributed by atoms with van der Waals surface area (Å²) in [6.07, 6.45) is 0.401. The van der Waals surface area contributed by atoms with E-state index < -0.39 is 0 Å². The lowest BCUT2D eigenvalue weighted by molar-refractivity contribution is -0.143. The van der Waals surface area contributed by atoms with Crippen LogP contribution in [0, 0.1) is 0 Å². The molecule has 5 nitrogen and oxygen atoms in total. The predicted octanol–water partition coefficient (Wildman–Crippen LogP) is 4.12. The summed E-state index contributed by atoms with van der Waals surface area (Å²) in [5.41, 5.74) is 3.47. The van der Waals surface area contributed by atoms with Crippen LogP contribution in [-0.2, 0) is 16.0 Å². The molecule has 0 saturated carbocycles. The molecule has 0 N–H and O–H groups in total. The van der Waals surface area contributed by atoms with E-state index in [1.807, 2.05) is 36.4 Å². The van der Waals surface area contributed by atoms with Gasteiger partial charge >= 0.3 is 5.97 Å². The highest BCUT2D eigenvalue weighted by Gasteiger charge is 2.31. The standard InChI is InChI=1S/C18H14BrNO4/c1-10(21)22-9-12-7-14-17-13(8-15(19)18(14)23-12)16(20-24-17)11-5-3-2-4-6-11/h2-6,8,12H,7,9H2,1H3. The van der Waals surface area contributed by atoms with Gasteiger partial charge in [0.05, 0.1) is 9.86 Å². The van der Waals surface area contributed by atoms with Crippen LogP contribution in [0.15, 0.2) is 45.4 Å². The normalized spacial score (nSPS) is 16.0. The predicted molar refractivity (Wildman–Crippen MR) is 91.9 cm³/mol. The molecule has 1 unspecified atom stereocenters. The molecule has 0 bridgehead atoms. The number of hydrogen-bond acceptors (Lipinski definition) is 5. The largest absolute Gasteiger partial charge is 0.485 e. The molecule has 1 aliphatic rings. The fraction of sp³-hybridized carbons (Fsp3) is 0.222. The molecule has 0 fully saturated rings. The molecule has 1 aliphatic heterocycles. The second-order valence-electron chi connectivity index (χ2n) is 5.69.